The van der Waals surface area contributed by atoms with Crippen LogP contribution in [0.25, 0.3) is 21.8 Å². The van der Waals surface area contributed by atoms with Crippen molar-refractivity contribution in [1.29, 1.82) is 5.26 Å². The number of ether oxygens (including phenoxy) is 1. The van der Waals surface area contributed by atoms with Gasteiger partial charge in [-0.15, -0.1) is 11.8 Å². The number of methoxy groups -OCH3 is 1. The smallest absolute Gasteiger partial charge is 0.410 e. The van der Waals surface area contributed by atoms with E-state index in [-0.39, 0.29) is 47.4 Å². The summed E-state index contributed by atoms with van der Waals surface area (Å²) >= 11 is 4.70. The number of carbonyl (C=O) groups is 2. The summed E-state index contributed by atoms with van der Waals surface area (Å²) in [5.74, 6) is -0.523. The molecule has 2 aromatic heterocycles. The maximum atomic E-state index is 15.8. The summed E-state index contributed by atoms with van der Waals surface area (Å²) in [5.41, 5.74) is 2.09. The molecule has 0 unspecified atom stereocenters. The number of thioether (sulfide) groups is 1. The monoisotopic (exact) mass is 633 g/mol. The number of carbonyl (C=O) groups excluding carboxylic acids is 1. The van der Waals surface area contributed by atoms with E-state index in [0.717, 1.165) is 5.39 Å². The molecule has 2 amide bonds. The fraction of sp³-hybridized carbons (Fsp3) is 0.481. The largest absolute Gasteiger partial charge is 0.465 e. The molecule has 40 heavy (non-hydrogen) atoms. The molecular weight excluding hydrogens is 608 g/mol. The maximum Gasteiger partial charge on any atom is 0.410 e. The molecule has 2 bridgehead atoms. The van der Waals surface area contributed by atoms with Crippen LogP contribution in [-0.2, 0) is 11.2 Å². The number of pyridine rings is 1. The van der Waals surface area contributed by atoms with Crippen LogP contribution in [0.2, 0.25) is 0 Å². The predicted octanol–water partition coefficient (Wildman–Crippen LogP) is 6.04. The normalized spacial score (nSPS) is 25.4. The molecule has 9 nitrogen and oxygen atoms in total. The number of aryl methyl sites for hydroxylation is 1. The van der Waals surface area contributed by atoms with E-state index in [2.05, 4.69) is 27.0 Å². The van der Waals surface area contributed by atoms with Crippen LogP contribution < -0.4 is 0 Å². The first kappa shape index (κ1) is 27.1. The van der Waals surface area contributed by atoms with Gasteiger partial charge in [0, 0.05) is 41.8 Å². The molecule has 5 atom stereocenters. The minimum absolute atomic E-state index is 0.0175. The Bertz CT molecular complexity index is 1610. The summed E-state index contributed by atoms with van der Waals surface area (Å²) in [6.07, 6.45) is 0.210. The fourth-order valence-corrected chi connectivity index (χ4v) is 7.84. The molecule has 4 aliphatic rings. The Morgan fingerprint density at radius 2 is 2.05 bits per heavy atom. The Kier molecular flexibility index (Phi) is 6.81. The molecule has 13 heteroatoms. The van der Waals surface area contributed by atoms with Crippen LogP contribution in [0.1, 0.15) is 42.6 Å². The van der Waals surface area contributed by atoms with Gasteiger partial charge >= 0.3 is 12.2 Å². The van der Waals surface area contributed by atoms with E-state index >= 15 is 4.39 Å². The third-order valence-corrected chi connectivity index (χ3v) is 10.1. The van der Waals surface area contributed by atoms with E-state index < -0.39 is 30.2 Å². The van der Waals surface area contributed by atoms with Gasteiger partial charge in [-0.05, 0) is 52.7 Å². The highest BCUT2D eigenvalue weighted by Gasteiger charge is 2.56. The van der Waals surface area contributed by atoms with Gasteiger partial charge in [-0.1, -0.05) is 0 Å². The maximum absolute atomic E-state index is 15.8. The molecule has 0 spiro atoms. The van der Waals surface area contributed by atoms with Crippen molar-refractivity contribution >= 4 is 61.7 Å². The first-order valence-electron chi connectivity index (χ1n) is 12.9. The molecule has 1 saturated carbocycles. The molecule has 3 aromatic rings. The SMILES string of the molecule is COC(=O)N1C[C@@H](F)C[C@@H]1c1cc2c(SC)nc3c(F)c(Br)c(CCC#N)cc3c2n1[C@H]1[C@@H]2C[C@H]1N(C(=O)O)C2. The lowest BCUT2D eigenvalue weighted by Crippen LogP contribution is -2.43. The van der Waals surface area contributed by atoms with Crippen LogP contribution in [-0.4, -0.2) is 75.3 Å². The van der Waals surface area contributed by atoms with Gasteiger partial charge in [-0.2, -0.15) is 5.26 Å². The Balaban J connectivity index is 1.67. The third kappa shape index (κ3) is 3.94. The summed E-state index contributed by atoms with van der Waals surface area (Å²) in [6.45, 7) is 0.249. The van der Waals surface area contributed by atoms with E-state index in [1.807, 2.05) is 23.0 Å². The van der Waals surface area contributed by atoms with Crippen LogP contribution in [0, 0.1) is 23.1 Å². The number of halogens is 3. The minimum Gasteiger partial charge on any atom is -0.465 e. The summed E-state index contributed by atoms with van der Waals surface area (Å²) in [4.78, 5) is 32.2. The highest BCUT2D eigenvalue weighted by Crippen LogP contribution is 2.54. The zero-order valence-corrected chi connectivity index (χ0v) is 24.1. The Morgan fingerprint density at radius 3 is 2.70 bits per heavy atom. The van der Waals surface area contributed by atoms with E-state index in [1.165, 1.54) is 28.7 Å². The number of fused-ring (bicyclic) bond motifs is 4. The molecular formula is C27H26BrF2N5O4S. The second kappa shape index (κ2) is 10.1. The minimum atomic E-state index is -1.26. The van der Waals surface area contributed by atoms with Crippen LogP contribution in [0.5, 0.6) is 0 Å². The van der Waals surface area contributed by atoms with Crippen molar-refractivity contribution < 1.29 is 28.2 Å². The van der Waals surface area contributed by atoms with Gasteiger partial charge in [0.2, 0.25) is 0 Å². The van der Waals surface area contributed by atoms with Crippen LogP contribution >= 0.6 is 27.7 Å². The van der Waals surface area contributed by atoms with Crippen molar-refractivity contribution in [3.63, 3.8) is 0 Å². The third-order valence-electron chi connectivity index (χ3n) is 8.52. The van der Waals surface area contributed by atoms with Crippen LogP contribution in [0.4, 0.5) is 18.4 Å². The molecule has 0 radical (unpaired) electrons. The number of benzene rings is 1. The highest BCUT2D eigenvalue weighted by molar-refractivity contribution is 9.10. The van der Waals surface area contributed by atoms with E-state index in [0.29, 0.717) is 46.6 Å². The molecule has 1 N–H and O–H groups in total. The molecule has 4 fully saturated rings. The average molecular weight is 635 g/mol. The number of aromatic nitrogens is 2. The van der Waals surface area contributed by atoms with Crippen molar-refractivity contribution in [3.05, 3.63) is 33.7 Å². The predicted molar refractivity (Wildman–Crippen MR) is 148 cm³/mol. The van der Waals surface area contributed by atoms with Gasteiger partial charge in [-0.3, -0.25) is 4.90 Å². The topological polar surface area (TPSA) is 112 Å². The standard InChI is InChI=1S/C27H26BrF2N5O4S/c1-39-27(38)34-11-14(29)8-17(34)18-9-16-24(35(18)23-13-7-19(23)33(10-13)26(36)37)15-6-12(4-3-5-31)20(28)21(30)22(15)32-25(16)40-2/h6,9,13-14,17,19,23H,3-4,7-8,10-11H2,1-2H3,(H,36,37)/t13-,14+,17-,19-,23+/m1/s1. The summed E-state index contributed by atoms with van der Waals surface area (Å²) in [6, 6.07) is 4.60. The highest BCUT2D eigenvalue weighted by atomic mass is 79.9. The zero-order chi connectivity index (χ0) is 28.5. The second-order valence-electron chi connectivity index (χ2n) is 10.5. The number of alkyl halides is 1. The van der Waals surface area contributed by atoms with E-state index in [1.54, 1.807) is 0 Å². The molecule has 3 saturated heterocycles. The zero-order valence-electron chi connectivity index (χ0n) is 21.7. The lowest BCUT2D eigenvalue weighted by atomic mass is 9.79. The summed E-state index contributed by atoms with van der Waals surface area (Å²) in [7, 11) is 1.25. The summed E-state index contributed by atoms with van der Waals surface area (Å²) < 4.78 is 38.0. The van der Waals surface area contributed by atoms with Crippen molar-refractivity contribution in [1.82, 2.24) is 19.4 Å². The van der Waals surface area contributed by atoms with Gasteiger partial charge in [0.05, 0.1) is 47.8 Å². The van der Waals surface area contributed by atoms with Crippen LogP contribution in [0.15, 0.2) is 21.6 Å². The molecule has 3 aliphatic heterocycles. The second-order valence-corrected chi connectivity index (χ2v) is 12.1. The first-order chi connectivity index (χ1) is 19.2. The van der Waals surface area contributed by atoms with Crippen molar-refractivity contribution in [2.75, 3.05) is 26.5 Å². The molecule has 7 rings (SSSR count). The van der Waals surface area contributed by atoms with E-state index in [4.69, 9.17) is 10.00 Å². The Hall–Kier alpha value is -3.11. The van der Waals surface area contributed by atoms with E-state index in [9.17, 15) is 19.1 Å². The van der Waals surface area contributed by atoms with Gasteiger partial charge in [0.25, 0.3) is 0 Å². The van der Waals surface area contributed by atoms with Crippen molar-refractivity contribution in [2.45, 2.75) is 55.0 Å². The number of carboxylic acid groups (broad SMARTS) is 1. The van der Waals surface area contributed by atoms with Crippen molar-refractivity contribution in [3.8, 4) is 6.07 Å². The quantitative estimate of drug-likeness (QED) is 0.341. The lowest BCUT2D eigenvalue weighted by molar-refractivity contribution is 0.111. The van der Waals surface area contributed by atoms with Gasteiger partial charge in [0.15, 0.2) is 5.82 Å². The van der Waals surface area contributed by atoms with Gasteiger partial charge in [-0.25, -0.2) is 23.4 Å². The number of rotatable bonds is 5. The molecule has 210 valence electrons. The molecule has 5 heterocycles. The molecule has 1 aliphatic carbocycles. The average Bonchev–Trinajstić information content (AvgIpc) is 3.71. The number of likely N-dealkylation sites (tertiary alicyclic amines) is 1. The number of amides is 2. The van der Waals surface area contributed by atoms with Gasteiger partial charge < -0.3 is 19.3 Å². The number of hydrogen-bond acceptors (Lipinski definition) is 6. The Labute approximate surface area is 241 Å². The van der Waals surface area contributed by atoms with Gasteiger partial charge in [0.1, 0.15) is 16.7 Å². The van der Waals surface area contributed by atoms with Crippen molar-refractivity contribution in [2.24, 2.45) is 5.92 Å². The van der Waals surface area contributed by atoms with Crippen LogP contribution in [0.3, 0.4) is 0 Å². The summed E-state index contributed by atoms with van der Waals surface area (Å²) in [5, 5.41) is 20.8. The number of nitrogens with zero attached hydrogens (tertiary/aromatic N) is 5. The number of hydrogen-bond donors (Lipinski definition) is 1. The Morgan fingerprint density at radius 1 is 1.27 bits per heavy atom. The number of nitriles is 1. The molecule has 1 aromatic carbocycles. The fourth-order valence-electron chi connectivity index (χ4n) is 6.79. The first-order valence-corrected chi connectivity index (χ1v) is 15.0. The lowest BCUT2D eigenvalue weighted by Gasteiger charge is -2.40.